The molecule has 1 fully saturated rings. The summed E-state index contributed by atoms with van der Waals surface area (Å²) in [6.07, 6.45) is 0.0768. The van der Waals surface area contributed by atoms with Gasteiger partial charge in [0.15, 0.2) is 0 Å². The van der Waals surface area contributed by atoms with E-state index in [4.69, 9.17) is 11.0 Å². The van der Waals surface area contributed by atoms with Crippen molar-refractivity contribution < 1.29 is 19.2 Å². The molecular formula is C19H23N5O4. The smallest absolute Gasteiger partial charge is 0.243 e. The zero-order valence-electron chi connectivity index (χ0n) is 15.5. The summed E-state index contributed by atoms with van der Waals surface area (Å²) in [5, 5.41) is 16.4. The molecule has 0 aliphatic carbocycles. The maximum absolute atomic E-state index is 12.3. The molecule has 1 aliphatic heterocycles. The molecule has 0 radical (unpaired) electrons. The van der Waals surface area contributed by atoms with E-state index in [0.717, 1.165) is 5.56 Å². The van der Waals surface area contributed by atoms with E-state index in [1.807, 2.05) is 36.4 Å². The van der Waals surface area contributed by atoms with Gasteiger partial charge in [-0.25, -0.2) is 0 Å². The number of nitrogens with one attached hydrogen (secondary N) is 3. The fraction of sp³-hybridized carbons (Fsp3) is 0.421. The lowest BCUT2D eigenvalue weighted by atomic mass is 10.00. The normalized spacial score (nSPS) is 20.9. The van der Waals surface area contributed by atoms with E-state index < -0.39 is 41.8 Å². The third kappa shape index (κ3) is 5.81. The van der Waals surface area contributed by atoms with Crippen LogP contribution >= 0.6 is 0 Å². The van der Waals surface area contributed by atoms with Gasteiger partial charge in [-0.2, -0.15) is 5.26 Å². The lowest BCUT2D eigenvalue weighted by molar-refractivity contribution is -0.138. The molecule has 1 saturated heterocycles. The van der Waals surface area contributed by atoms with Gasteiger partial charge in [0, 0.05) is 12.3 Å². The third-order valence-corrected chi connectivity index (χ3v) is 4.43. The zero-order valence-corrected chi connectivity index (χ0v) is 15.5. The number of amides is 4. The van der Waals surface area contributed by atoms with Crippen LogP contribution in [0.4, 0.5) is 0 Å². The monoisotopic (exact) mass is 385 g/mol. The first-order valence-electron chi connectivity index (χ1n) is 8.93. The predicted octanol–water partition coefficient (Wildman–Crippen LogP) is -0.878. The Labute approximate surface area is 162 Å². The first-order valence-corrected chi connectivity index (χ1v) is 8.93. The van der Waals surface area contributed by atoms with Crippen LogP contribution in [0.25, 0.3) is 0 Å². The van der Waals surface area contributed by atoms with Crippen LogP contribution in [-0.2, 0) is 25.6 Å². The predicted molar refractivity (Wildman–Crippen MR) is 99.1 cm³/mol. The van der Waals surface area contributed by atoms with Gasteiger partial charge in [0.1, 0.15) is 18.1 Å². The van der Waals surface area contributed by atoms with E-state index in [2.05, 4.69) is 16.0 Å². The Bertz CT molecular complexity index is 789. The average Bonchev–Trinajstić information content (AvgIpc) is 2.65. The maximum atomic E-state index is 12.3. The molecule has 1 aromatic rings. The van der Waals surface area contributed by atoms with Crippen LogP contribution in [0.2, 0.25) is 0 Å². The van der Waals surface area contributed by atoms with E-state index in [1.165, 1.54) is 0 Å². The molecule has 1 heterocycles. The Kier molecular flexibility index (Phi) is 7.09. The minimum Gasteiger partial charge on any atom is -0.368 e. The van der Waals surface area contributed by atoms with Gasteiger partial charge in [-0.05, 0) is 18.9 Å². The number of nitrogens with zero attached hydrogens (tertiary/aromatic N) is 1. The molecule has 4 atom stereocenters. The van der Waals surface area contributed by atoms with Gasteiger partial charge in [0.05, 0.1) is 12.5 Å². The Hall–Kier alpha value is -3.41. The number of benzene rings is 1. The average molecular weight is 385 g/mol. The van der Waals surface area contributed by atoms with Crippen molar-refractivity contribution >= 4 is 23.6 Å². The van der Waals surface area contributed by atoms with Crippen molar-refractivity contribution in [1.29, 1.82) is 5.26 Å². The Morgan fingerprint density at radius 3 is 2.39 bits per heavy atom. The fourth-order valence-corrected chi connectivity index (χ4v) is 2.90. The molecule has 0 aromatic heterocycles. The quantitative estimate of drug-likeness (QED) is 0.458. The van der Waals surface area contributed by atoms with Crippen LogP contribution in [0.3, 0.4) is 0 Å². The number of carbonyl (C=O) groups excluding carboxylic acids is 4. The van der Waals surface area contributed by atoms with Crippen LogP contribution in [0.15, 0.2) is 30.3 Å². The summed E-state index contributed by atoms with van der Waals surface area (Å²) in [5.74, 6) is -2.72. The highest BCUT2D eigenvalue weighted by atomic mass is 16.2. The van der Waals surface area contributed by atoms with Gasteiger partial charge in [0.25, 0.3) is 0 Å². The summed E-state index contributed by atoms with van der Waals surface area (Å²) in [6.45, 7) is 1.60. The second-order valence-corrected chi connectivity index (χ2v) is 6.80. The summed E-state index contributed by atoms with van der Waals surface area (Å²) in [4.78, 5) is 48.2. The summed E-state index contributed by atoms with van der Waals surface area (Å²) in [5.41, 5.74) is 6.15. The van der Waals surface area contributed by atoms with E-state index >= 15 is 0 Å². The van der Waals surface area contributed by atoms with Crippen molar-refractivity contribution in [2.24, 2.45) is 11.7 Å². The minimum absolute atomic E-state index is 0.0694. The first kappa shape index (κ1) is 20.9. The molecule has 0 bridgehead atoms. The number of rotatable bonds is 8. The van der Waals surface area contributed by atoms with E-state index in [0.29, 0.717) is 6.42 Å². The van der Waals surface area contributed by atoms with Crippen molar-refractivity contribution in [2.45, 2.75) is 44.3 Å². The van der Waals surface area contributed by atoms with Gasteiger partial charge in [-0.1, -0.05) is 30.3 Å². The molecule has 28 heavy (non-hydrogen) atoms. The standard InChI is InChI=1S/C19H23N5O4/c1-11(10-20)7-13(17(21)26)22-16(25)9-15-19(28)23-14(18(27)24-15)8-12-5-3-2-4-6-12/h2-6,11,13-15H,7-9H2,1H3,(H2,21,26)(H,22,25)(H,23,28)(H,24,27)/t11-,13-,14-,15-/m0/s1. The number of piperazine rings is 1. The van der Waals surface area contributed by atoms with E-state index in [1.54, 1.807) is 6.92 Å². The molecule has 2 rings (SSSR count). The summed E-state index contributed by atoms with van der Waals surface area (Å²) >= 11 is 0. The molecule has 148 valence electrons. The number of nitrogens with two attached hydrogens (primary N) is 1. The molecule has 5 N–H and O–H groups in total. The molecule has 1 aliphatic rings. The van der Waals surface area contributed by atoms with E-state index in [9.17, 15) is 19.2 Å². The Morgan fingerprint density at radius 2 is 1.79 bits per heavy atom. The lowest BCUT2D eigenvalue weighted by Crippen LogP contribution is -2.63. The number of hydrogen-bond donors (Lipinski definition) is 4. The Balaban J connectivity index is 1.91. The molecule has 9 heteroatoms. The second-order valence-electron chi connectivity index (χ2n) is 6.80. The third-order valence-electron chi connectivity index (χ3n) is 4.43. The minimum atomic E-state index is -1.04. The summed E-state index contributed by atoms with van der Waals surface area (Å²) in [6, 6.07) is 8.43. The van der Waals surface area contributed by atoms with E-state index in [-0.39, 0.29) is 18.7 Å². The number of hydrogen-bond acceptors (Lipinski definition) is 5. The summed E-state index contributed by atoms with van der Waals surface area (Å²) < 4.78 is 0. The molecule has 9 nitrogen and oxygen atoms in total. The molecule has 1 aromatic carbocycles. The fourth-order valence-electron chi connectivity index (χ4n) is 2.90. The van der Waals surface area contributed by atoms with Gasteiger partial charge in [-0.3, -0.25) is 19.2 Å². The van der Waals surface area contributed by atoms with Crippen molar-refractivity contribution in [3.8, 4) is 6.07 Å². The molecule has 0 saturated carbocycles. The zero-order chi connectivity index (χ0) is 20.7. The second kappa shape index (κ2) is 9.50. The summed E-state index contributed by atoms with van der Waals surface area (Å²) in [7, 11) is 0. The lowest BCUT2D eigenvalue weighted by Gasteiger charge is -2.29. The first-order chi connectivity index (χ1) is 13.3. The van der Waals surface area contributed by atoms with Crippen molar-refractivity contribution in [3.05, 3.63) is 35.9 Å². The SMILES string of the molecule is C[C@H](C#N)C[C@H](NC(=O)C[C@@H]1NC(=O)[C@H](Cc2ccccc2)NC1=O)C(N)=O. The van der Waals surface area contributed by atoms with Crippen molar-refractivity contribution in [3.63, 3.8) is 0 Å². The molecule has 0 unspecified atom stereocenters. The van der Waals surface area contributed by atoms with Gasteiger partial charge in [0.2, 0.25) is 23.6 Å². The van der Waals surface area contributed by atoms with Crippen LogP contribution < -0.4 is 21.7 Å². The molecular weight excluding hydrogens is 362 g/mol. The van der Waals surface area contributed by atoms with Crippen molar-refractivity contribution in [2.75, 3.05) is 0 Å². The Morgan fingerprint density at radius 1 is 1.18 bits per heavy atom. The number of carbonyl (C=O) groups is 4. The van der Waals surface area contributed by atoms with Crippen molar-refractivity contribution in [1.82, 2.24) is 16.0 Å². The van der Waals surface area contributed by atoms with Gasteiger partial charge >= 0.3 is 0 Å². The number of nitriles is 1. The highest BCUT2D eigenvalue weighted by Gasteiger charge is 2.35. The maximum Gasteiger partial charge on any atom is 0.243 e. The number of primary amides is 1. The largest absolute Gasteiger partial charge is 0.368 e. The molecule has 4 amide bonds. The van der Waals surface area contributed by atoms with Crippen LogP contribution in [0.5, 0.6) is 0 Å². The van der Waals surface area contributed by atoms with Gasteiger partial charge < -0.3 is 21.7 Å². The van der Waals surface area contributed by atoms with Crippen LogP contribution in [0.1, 0.15) is 25.3 Å². The van der Waals surface area contributed by atoms with Gasteiger partial charge in [-0.15, -0.1) is 0 Å². The topological polar surface area (TPSA) is 154 Å². The highest BCUT2D eigenvalue weighted by molar-refractivity contribution is 5.99. The molecule has 0 spiro atoms. The van der Waals surface area contributed by atoms with Crippen LogP contribution in [0, 0.1) is 17.2 Å². The highest BCUT2D eigenvalue weighted by Crippen LogP contribution is 2.09. The van der Waals surface area contributed by atoms with Crippen LogP contribution in [-0.4, -0.2) is 41.8 Å².